The molecule has 2 heterocycles. The summed E-state index contributed by atoms with van der Waals surface area (Å²) in [6, 6.07) is 1.83. The molecule has 0 bridgehead atoms. The zero-order valence-corrected chi connectivity index (χ0v) is 8.17. The molecule has 0 aliphatic carbocycles. The highest BCUT2D eigenvalue weighted by Gasteiger charge is 2.16. The summed E-state index contributed by atoms with van der Waals surface area (Å²) in [5, 5.41) is 3.35. The van der Waals surface area contributed by atoms with Crippen molar-refractivity contribution in [2.75, 3.05) is 19.8 Å². The van der Waals surface area contributed by atoms with E-state index < -0.39 is 0 Å². The van der Waals surface area contributed by atoms with E-state index in [4.69, 9.17) is 4.74 Å². The van der Waals surface area contributed by atoms with Crippen molar-refractivity contribution in [2.45, 2.75) is 13.0 Å². The van der Waals surface area contributed by atoms with Gasteiger partial charge < -0.3 is 15.0 Å². The number of aromatic amines is 1. The molecule has 1 aromatic rings. The van der Waals surface area contributed by atoms with Crippen LogP contribution in [0.4, 0.5) is 0 Å². The number of hydrogen-bond donors (Lipinski definition) is 2. The number of nitrogens with one attached hydrogen (secondary N) is 2. The Labute approximate surface area is 82.3 Å². The fourth-order valence-electron chi connectivity index (χ4n) is 1.72. The molecule has 1 unspecified atom stereocenters. The molecule has 1 aliphatic heterocycles. The van der Waals surface area contributed by atoms with Crippen LogP contribution < -0.4 is 10.9 Å². The Balaban J connectivity index is 2.26. The maximum absolute atomic E-state index is 11.0. The second-order valence-corrected chi connectivity index (χ2v) is 3.52. The topological polar surface area (TPSA) is 54.1 Å². The Morgan fingerprint density at radius 2 is 2.43 bits per heavy atom. The van der Waals surface area contributed by atoms with Gasteiger partial charge in [0.15, 0.2) is 0 Å². The molecule has 1 aromatic heterocycles. The van der Waals surface area contributed by atoms with Crippen molar-refractivity contribution in [1.29, 1.82) is 0 Å². The molecule has 4 nitrogen and oxygen atoms in total. The first-order valence-electron chi connectivity index (χ1n) is 4.78. The summed E-state index contributed by atoms with van der Waals surface area (Å²) in [6.45, 7) is 4.25. The number of morpholine rings is 1. The molecular weight excluding hydrogens is 180 g/mol. The van der Waals surface area contributed by atoms with Crippen molar-refractivity contribution in [3.05, 3.63) is 33.7 Å². The van der Waals surface area contributed by atoms with Gasteiger partial charge in [0.2, 0.25) is 5.56 Å². The van der Waals surface area contributed by atoms with E-state index in [1.807, 2.05) is 6.92 Å². The first-order valence-corrected chi connectivity index (χ1v) is 4.78. The second kappa shape index (κ2) is 3.94. The molecule has 0 amide bonds. The average molecular weight is 194 g/mol. The fourth-order valence-corrected chi connectivity index (χ4v) is 1.72. The fraction of sp³-hybridized carbons (Fsp3) is 0.500. The summed E-state index contributed by atoms with van der Waals surface area (Å²) >= 11 is 0. The van der Waals surface area contributed by atoms with Crippen LogP contribution in [0, 0.1) is 6.92 Å². The predicted octanol–water partition coefficient (Wildman–Crippen LogP) is 0.344. The Hall–Kier alpha value is -1.13. The van der Waals surface area contributed by atoms with Gasteiger partial charge in [0, 0.05) is 18.8 Å². The summed E-state index contributed by atoms with van der Waals surface area (Å²) in [5.74, 6) is 0. The van der Waals surface area contributed by atoms with Crippen LogP contribution in [0.25, 0.3) is 0 Å². The van der Waals surface area contributed by atoms with E-state index in [1.165, 1.54) is 0 Å². The lowest BCUT2D eigenvalue weighted by molar-refractivity contribution is 0.0766. The van der Waals surface area contributed by atoms with Crippen molar-refractivity contribution in [3.8, 4) is 0 Å². The normalized spacial score (nSPS) is 22.2. The van der Waals surface area contributed by atoms with Crippen LogP contribution in [0.1, 0.15) is 17.2 Å². The van der Waals surface area contributed by atoms with Crippen LogP contribution in [0.5, 0.6) is 0 Å². The van der Waals surface area contributed by atoms with Gasteiger partial charge in [0.25, 0.3) is 0 Å². The summed E-state index contributed by atoms with van der Waals surface area (Å²) in [5.41, 5.74) is 2.07. The van der Waals surface area contributed by atoms with Crippen LogP contribution in [-0.4, -0.2) is 24.7 Å². The molecule has 2 N–H and O–H groups in total. The molecule has 2 rings (SSSR count). The summed E-state index contributed by atoms with van der Waals surface area (Å²) in [7, 11) is 0. The third kappa shape index (κ3) is 1.86. The van der Waals surface area contributed by atoms with E-state index in [-0.39, 0.29) is 11.6 Å². The van der Waals surface area contributed by atoms with Gasteiger partial charge in [0.05, 0.1) is 19.3 Å². The van der Waals surface area contributed by atoms with Crippen molar-refractivity contribution in [2.24, 2.45) is 0 Å². The molecule has 0 radical (unpaired) electrons. The van der Waals surface area contributed by atoms with Gasteiger partial charge >= 0.3 is 0 Å². The lowest BCUT2D eigenvalue weighted by Gasteiger charge is -2.25. The SMILES string of the molecule is Cc1cc(=O)[nH]cc1C1COCCN1. The number of aromatic nitrogens is 1. The van der Waals surface area contributed by atoms with Crippen molar-refractivity contribution in [1.82, 2.24) is 10.3 Å². The molecular formula is C10H14N2O2. The number of ether oxygens (including phenoxy) is 1. The molecule has 0 saturated carbocycles. The van der Waals surface area contributed by atoms with Crippen LogP contribution in [0.3, 0.4) is 0 Å². The number of pyridine rings is 1. The van der Waals surface area contributed by atoms with Crippen molar-refractivity contribution >= 4 is 0 Å². The third-order valence-electron chi connectivity index (χ3n) is 2.47. The summed E-state index contributed by atoms with van der Waals surface area (Å²) in [6.07, 6.45) is 1.77. The van der Waals surface area contributed by atoms with E-state index in [1.54, 1.807) is 12.3 Å². The van der Waals surface area contributed by atoms with Crippen LogP contribution in [-0.2, 0) is 4.74 Å². The lowest BCUT2D eigenvalue weighted by atomic mass is 10.0. The monoisotopic (exact) mass is 194 g/mol. The molecule has 0 spiro atoms. The van der Waals surface area contributed by atoms with Crippen LogP contribution >= 0.6 is 0 Å². The number of rotatable bonds is 1. The van der Waals surface area contributed by atoms with Gasteiger partial charge in [-0.2, -0.15) is 0 Å². The quantitative estimate of drug-likeness (QED) is 0.678. The average Bonchev–Trinajstić information content (AvgIpc) is 2.19. The highest BCUT2D eigenvalue weighted by molar-refractivity contribution is 5.25. The number of aryl methyl sites for hydroxylation is 1. The van der Waals surface area contributed by atoms with E-state index >= 15 is 0 Å². The lowest BCUT2D eigenvalue weighted by Crippen LogP contribution is -2.35. The molecule has 4 heteroatoms. The van der Waals surface area contributed by atoms with Gasteiger partial charge in [-0.05, 0) is 18.1 Å². The van der Waals surface area contributed by atoms with Crippen LogP contribution in [0.15, 0.2) is 17.1 Å². The minimum absolute atomic E-state index is 0.0528. The van der Waals surface area contributed by atoms with E-state index in [9.17, 15) is 4.79 Å². The van der Waals surface area contributed by atoms with Gasteiger partial charge in [0.1, 0.15) is 0 Å². The first kappa shape index (κ1) is 9.43. The minimum atomic E-state index is -0.0528. The molecule has 1 atom stereocenters. The molecule has 14 heavy (non-hydrogen) atoms. The number of hydrogen-bond acceptors (Lipinski definition) is 3. The Kier molecular flexibility index (Phi) is 2.65. The first-order chi connectivity index (χ1) is 6.77. The zero-order valence-electron chi connectivity index (χ0n) is 8.17. The Bertz CT molecular complexity index is 367. The molecule has 1 saturated heterocycles. The van der Waals surface area contributed by atoms with Gasteiger partial charge in [-0.25, -0.2) is 0 Å². The molecule has 1 fully saturated rings. The standard InChI is InChI=1S/C10H14N2O2/c1-7-4-10(13)12-5-8(7)9-6-14-3-2-11-9/h4-5,9,11H,2-3,6H2,1H3,(H,12,13). The van der Waals surface area contributed by atoms with Gasteiger partial charge in [-0.1, -0.05) is 0 Å². The highest BCUT2D eigenvalue weighted by atomic mass is 16.5. The highest BCUT2D eigenvalue weighted by Crippen LogP contribution is 2.16. The second-order valence-electron chi connectivity index (χ2n) is 3.52. The van der Waals surface area contributed by atoms with Crippen molar-refractivity contribution < 1.29 is 4.74 Å². The smallest absolute Gasteiger partial charge is 0.248 e. The largest absolute Gasteiger partial charge is 0.378 e. The van der Waals surface area contributed by atoms with E-state index in [0.29, 0.717) is 6.61 Å². The Morgan fingerprint density at radius 3 is 3.07 bits per heavy atom. The Morgan fingerprint density at radius 1 is 1.57 bits per heavy atom. The molecule has 76 valence electrons. The minimum Gasteiger partial charge on any atom is -0.378 e. The zero-order chi connectivity index (χ0) is 9.97. The summed E-state index contributed by atoms with van der Waals surface area (Å²) < 4.78 is 5.37. The van der Waals surface area contributed by atoms with Crippen LogP contribution in [0.2, 0.25) is 0 Å². The third-order valence-corrected chi connectivity index (χ3v) is 2.47. The maximum Gasteiger partial charge on any atom is 0.248 e. The van der Waals surface area contributed by atoms with E-state index in [0.717, 1.165) is 24.3 Å². The molecule has 1 aliphatic rings. The van der Waals surface area contributed by atoms with Gasteiger partial charge in [-0.15, -0.1) is 0 Å². The maximum atomic E-state index is 11.0. The predicted molar refractivity (Wildman–Crippen MR) is 53.4 cm³/mol. The number of H-pyrrole nitrogens is 1. The van der Waals surface area contributed by atoms with Gasteiger partial charge in [-0.3, -0.25) is 4.79 Å². The van der Waals surface area contributed by atoms with E-state index in [2.05, 4.69) is 10.3 Å². The summed E-state index contributed by atoms with van der Waals surface area (Å²) in [4.78, 5) is 13.7. The molecule has 0 aromatic carbocycles. The van der Waals surface area contributed by atoms with Crippen molar-refractivity contribution in [3.63, 3.8) is 0 Å².